The van der Waals surface area contributed by atoms with E-state index in [1.165, 1.54) is 0 Å². The summed E-state index contributed by atoms with van der Waals surface area (Å²) in [5.74, 6) is 1.40. The van der Waals surface area contributed by atoms with Crippen molar-refractivity contribution >= 4 is 15.9 Å². The Morgan fingerprint density at radius 3 is 2.47 bits per heavy atom. The average Bonchev–Trinajstić information content (AvgIpc) is 3.02. The molecule has 1 N–H and O–H groups in total. The molecule has 4 heteroatoms. The van der Waals surface area contributed by atoms with E-state index in [-0.39, 0.29) is 0 Å². The monoisotopic (exact) mass is 300 g/mol. The lowest BCUT2D eigenvalue weighted by atomic mass is 10.0. The molecule has 0 unspecified atom stereocenters. The summed E-state index contributed by atoms with van der Waals surface area (Å²) in [7, 11) is 3.24. The molecule has 0 bridgehead atoms. The van der Waals surface area contributed by atoms with Crippen LogP contribution >= 0.6 is 15.9 Å². The first-order valence-electron chi connectivity index (χ1n) is 5.63. The lowest BCUT2D eigenvalue weighted by Crippen LogP contribution is -2.13. The van der Waals surface area contributed by atoms with Crippen LogP contribution in [0.1, 0.15) is 24.0 Å². The summed E-state index contributed by atoms with van der Waals surface area (Å²) in [6, 6.07) is 1.95. The fraction of sp³-hybridized carbons (Fsp3) is 0.538. The molecule has 1 aliphatic carbocycles. The van der Waals surface area contributed by atoms with E-state index in [1.807, 2.05) is 13.0 Å². The lowest BCUT2D eigenvalue weighted by molar-refractivity contribution is 0.150. The molecule has 0 aromatic heterocycles. The normalized spacial score (nSPS) is 16.8. The second-order valence-electron chi connectivity index (χ2n) is 4.62. The molecule has 1 aromatic rings. The first-order chi connectivity index (χ1) is 8.00. The van der Waals surface area contributed by atoms with Gasteiger partial charge in [0.25, 0.3) is 0 Å². The number of ether oxygens (including phenoxy) is 2. The quantitative estimate of drug-likeness (QED) is 0.929. The molecule has 0 atom stereocenters. The number of rotatable bonds is 4. The van der Waals surface area contributed by atoms with Crippen molar-refractivity contribution in [3.8, 4) is 11.5 Å². The fourth-order valence-electron chi connectivity index (χ4n) is 1.98. The predicted molar refractivity (Wildman–Crippen MR) is 69.9 cm³/mol. The molecule has 17 heavy (non-hydrogen) atoms. The molecule has 0 amide bonds. The molecule has 3 nitrogen and oxygen atoms in total. The van der Waals surface area contributed by atoms with Crippen LogP contribution in [0.15, 0.2) is 10.5 Å². The molecular formula is C13H17BrO3. The standard InChI is InChI=1S/C13H17BrO3/c1-8-6-10(16-2)12(17-3)11(14)9(8)7-13(15)4-5-13/h6,15H,4-5,7H2,1-3H3. The van der Waals surface area contributed by atoms with Crippen LogP contribution in [0.5, 0.6) is 11.5 Å². The second-order valence-corrected chi connectivity index (χ2v) is 5.42. The van der Waals surface area contributed by atoms with Crippen LogP contribution in [-0.2, 0) is 6.42 Å². The maximum absolute atomic E-state index is 10.0. The van der Waals surface area contributed by atoms with Crippen molar-refractivity contribution in [3.63, 3.8) is 0 Å². The number of benzene rings is 1. The first kappa shape index (κ1) is 12.7. The average molecular weight is 301 g/mol. The minimum absolute atomic E-state index is 0.507. The third-order valence-electron chi connectivity index (χ3n) is 3.27. The van der Waals surface area contributed by atoms with Gasteiger partial charge in [0.15, 0.2) is 11.5 Å². The Morgan fingerprint density at radius 2 is 2.00 bits per heavy atom. The maximum atomic E-state index is 10.0. The fourth-order valence-corrected chi connectivity index (χ4v) is 2.79. The van der Waals surface area contributed by atoms with Crippen LogP contribution in [0.3, 0.4) is 0 Å². The predicted octanol–water partition coefficient (Wildman–Crippen LogP) is 2.84. The zero-order valence-electron chi connectivity index (χ0n) is 10.3. The van der Waals surface area contributed by atoms with Crippen molar-refractivity contribution in [1.29, 1.82) is 0 Å². The van der Waals surface area contributed by atoms with Crippen LogP contribution in [-0.4, -0.2) is 24.9 Å². The van der Waals surface area contributed by atoms with E-state index in [0.717, 1.165) is 28.4 Å². The summed E-state index contributed by atoms with van der Waals surface area (Å²) < 4.78 is 11.5. The molecule has 0 saturated heterocycles. The number of hydrogen-bond donors (Lipinski definition) is 1. The third kappa shape index (κ3) is 2.43. The van der Waals surface area contributed by atoms with Gasteiger partial charge in [-0.25, -0.2) is 0 Å². The van der Waals surface area contributed by atoms with E-state index < -0.39 is 5.60 Å². The number of aryl methyl sites for hydroxylation is 1. The van der Waals surface area contributed by atoms with Crippen molar-refractivity contribution in [1.82, 2.24) is 0 Å². The molecule has 0 heterocycles. The van der Waals surface area contributed by atoms with Gasteiger partial charge in [-0.2, -0.15) is 0 Å². The molecule has 2 rings (SSSR count). The molecule has 1 fully saturated rings. The van der Waals surface area contributed by atoms with Gasteiger partial charge < -0.3 is 14.6 Å². The second kappa shape index (κ2) is 4.50. The van der Waals surface area contributed by atoms with E-state index in [2.05, 4.69) is 15.9 Å². The van der Waals surface area contributed by atoms with Gasteiger partial charge in [-0.05, 0) is 52.9 Å². The van der Waals surface area contributed by atoms with Gasteiger partial charge in [-0.15, -0.1) is 0 Å². The number of aliphatic hydroxyl groups is 1. The van der Waals surface area contributed by atoms with Crippen LogP contribution in [0.25, 0.3) is 0 Å². The van der Waals surface area contributed by atoms with Crippen molar-refractivity contribution < 1.29 is 14.6 Å². The lowest BCUT2D eigenvalue weighted by Gasteiger charge is -2.17. The Bertz CT molecular complexity index is 439. The van der Waals surface area contributed by atoms with Gasteiger partial charge in [-0.3, -0.25) is 0 Å². The van der Waals surface area contributed by atoms with E-state index in [1.54, 1.807) is 14.2 Å². The minimum Gasteiger partial charge on any atom is -0.493 e. The smallest absolute Gasteiger partial charge is 0.175 e. The largest absolute Gasteiger partial charge is 0.493 e. The van der Waals surface area contributed by atoms with Gasteiger partial charge >= 0.3 is 0 Å². The number of halogens is 1. The van der Waals surface area contributed by atoms with Gasteiger partial charge in [0.2, 0.25) is 0 Å². The summed E-state index contributed by atoms with van der Waals surface area (Å²) in [4.78, 5) is 0. The molecule has 0 aliphatic heterocycles. The number of hydrogen-bond acceptors (Lipinski definition) is 3. The highest BCUT2D eigenvalue weighted by Gasteiger charge is 2.41. The molecule has 94 valence electrons. The Morgan fingerprint density at radius 1 is 1.35 bits per heavy atom. The summed E-state index contributed by atoms with van der Waals surface area (Å²) in [5.41, 5.74) is 1.70. The van der Waals surface area contributed by atoms with E-state index in [9.17, 15) is 5.11 Å². The molecule has 1 aromatic carbocycles. The topological polar surface area (TPSA) is 38.7 Å². The van der Waals surface area contributed by atoms with Gasteiger partial charge in [-0.1, -0.05) is 0 Å². The van der Waals surface area contributed by atoms with Crippen molar-refractivity contribution in [2.45, 2.75) is 31.8 Å². The van der Waals surface area contributed by atoms with Crippen LogP contribution in [0, 0.1) is 6.92 Å². The van der Waals surface area contributed by atoms with Crippen LogP contribution in [0.2, 0.25) is 0 Å². The summed E-state index contributed by atoms with van der Waals surface area (Å²) in [5, 5.41) is 10.0. The van der Waals surface area contributed by atoms with E-state index >= 15 is 0 Å². The maximum Gasteiger partial charge on any atom is 0.175 e. The highest BCUT2D eigenvalue weighted by molar-refractivity contribution is 9.10. The van der Waals surface area contributed by atoms with Crippen LogP contribution in [0.4, 0.5) is 0 Å². The third-order valence-corrected chi connectivity index (χ3v) is 4.11. The highest BCUT2D eigenvalue weighted by atomic mass is 79.9. The minimum atomic E-state index is -0.507. The van der Waals surface area contributed by atoms with E-state index in [4.69, 9.17) is 9.47 Å². The number of methoxy groups -OCH3 is 2. The zero-order chi connectivity index (χ0) is 12.6. The van der Waals surface area contributed by atoms with Crippen molar-refractivity contribution in [2.75, 3.05) is 14.2 Å². The van der Waals surface area contributed by atoms with Gasteiger partial charge in [0.05, 0.1) is 24.3 Å². The molecule has 0 spiro atoms. The molecule has 0 radical (unpaired) electrons. The first-order valence-corrected chi connectivity index (χ1v) is 6.42. The molecule has 1 aliphatic rings. The molecule has 1 saturated carbocycles. The van der Waals surface area contributed by atoms with Crippen molar-refractivity contribution in [2.24, 2.45) is 0 Å². The highest BCUT2D eigenvalue weighted by Crippen LogP contribution is 2.45. The Kier molecular flexibility index (Phi) is 3.36. The summed E-state index contributed by atoms with van der Waals surface area (Å²) >= 11 is 3.55. The Labute approximate surface area is 110 Å². The van der Waals surface area contributed by atoms with Gasteiger partial charge in [0.1, 0.15) is 0 Å². The summed E-state index contributed by atoms with van der Waals surface area (Å²) in [6.45, 7) is 2.02. The zero-order valence-corrected chi connectivity index (χ0v) is 11.9. The Hall–Kier alpha value is -0.740. The van der Waals surface area contributed by atoms with Crippen LogP contribution < -0.4 is 9.47 Å². The summed E-state index contributed by atoms with van der Waals surface area (Å²) in [6.07, 6.45) is 2.43. The van der Waals surface area contributed by atoms with E-state index in [0.29, 0.717) is 17.9 Å². The van der Waals surface area contributed by atoms with Crippen molar-refractivity contribution in [3.05, 3.63) is 21.7 Å². The molecular weight excluding hydrogens is 284 g/mol. The van der Waals surface area contributed by atoms with Gasteiger partial charge in [0, 0.05) is 6.42 Å². The SMILES string of the molecule is COc1cc(C)c(CC2(O)CC2)c(Br)c1OC. The Balaban J connectivity index is 2.44.